The van der Waals surface area contributed by atoms with Gasteiger partial charge in [0.1, 0.15) is 11.5 Å². The van der Waals surface area contributed by atoms with Crippen molar-refractivity contribution in [3.63, 3.8) is 0 Å². The van der Waals surface area contributed by atoms with Crippen LogP contribution in [-0.2, 0) is 6.54 Å². The van der Waals surface area contributed by atoms with E-state index < -0.39 is 0 Å². The van der Waals surface area contributed by atoms with Crippen molar-refractivity contribution in [3.8, 4) is 11.5 Å². The molecule has 0 radical (unpaired) electrons. The summed E-state index contributed by atoms with van der Waals surface area (Å²) < 4.78 is 6.08. The Bertz CT molecular complexity index is 623. The van der Waals surface area contributed by atoms with Crippen molar-refractivity contribution >= 4 is 11.6 Å². The van der Waals surface area contributed by atoms with Gasteiger partial charge in [-0.2, -0.15) is 0 Å². The molecule has 0 heterocycles. The molecule has 0 unspecified atom stereocenters. The molecule has 0 spiro atoms. The summed E-state index contributed by atoms with van der Waals surface area (Å²) in [7, 11) is 0. The van der Waals surface area contributed by atoms with Crippen LogP contribution >= 0.6 is 11.6 Å². The summed E-state index contributed by atoms with van der Waals surface area (Å²) in [6.07, 6.45) is 0. The molecular weight excluding hydrogens is 282 g/mol. The van der Waals surface area contributed by atoms with Crippen LogP contribution in [0.25, 0.3) is 0 Å². The molecule has 3 heteroatoms. The Labute approximate surface area is 132 Å². The van der Waals surface area contributed by atoms with E-state index in [4.69, 9.17) is 16.3 Å². The highest BCUT2D eigenvalue weighted by atomic mass is 35.5. The zero-order chi connectivity index (χ0) is 15.4. The number of ether oxygens (including phenoxy) is 1. The van der Waals surface area contributed by atoms with E-state index in [0.717, 1.165) is 29.2 Å². The fourth-order valence-electron chi connectivity index (χ4n) is 2.12. The monoisotopic (exact) mass is 303 g/mol. The molecule has 0 aromatic heterocycles. The summed E-state index contributed by atoms with van der Waals surface area (Å²) >= 11 is 6.11. The molecule has 0 aliphatic rings. The Morgan fingerprint density at radius 1 is 1.05 bits per heavy atom. The molecule has 2 rings (SSSR count). The summed E-state index contributed by atoms with van der Waals surface area (Å²) in [5.74, 6) is 1.68. The summed E-state index contributed by atoms with van der Waals surface area (Å²) in [5, 5.41) is 4.09. The summed E-state index contributed by atoms with van der Waals surface area (Å²) in [5.41, 5.74) is 3.46. The van der Waals surface area contributed by atoms with Crippen LogP contribution in [0.3, 0.4) is 0 Å². The quantitative estimate of drug-likeness (QED) is 0.815. The fourth-order valence-corrected chi connectivity index (χ4v) is 2.28. The summed E-state index contributed by atoms with van der Waals surface area (Å²) in [4.78, 5) is 0. The lowest BCUT2D eigenvalue weighted by Gasteiger charge is -2.15. The highest BCUT2D eigenvalue weighted by Crippen LogP contribution is 2.30. The van der Waals surface area contributed by atoms with Crippen LogP contribution in [0.2, 0.25) is 5.02 Å². The third-order valence-electron chi connectivity index (χ3n) is 3.28. The van der Waals surface area contributed by atoms with Gasteiger partial charge < -0.3 is 10.1 Å². The van der Waals surface area contributed by atoms with Gasteiger partial charge in [-0.3, -0.25) is 0 Å². The van der Waals surface area contributed by atoms with Gasteiger partial charge >= 0.3 is 0 Å². The maximum atomic E-state index is 6.11. The average molecular weight is 304 g/mol. The summed E-state index contributed by atoms with van der Waals surface area (Å²) in [6, 6.07) is 12.4. The van der Waals surface area contributed by atoms with Crippen molar-refractivity contribution in [2.45, 2.75) is 40.3 Å². The third kappa shape index (κ3) is 4.48. The second kappa shape index (κ2) is 6.97. The van der Waals surface area contributed by atoms with Crippen molar-refractivity contribution in [3.05, 3.63) is 58.1 Å². The van der Waals surface area contributed by atoms with Crippen LogP contribution in [0.1, 0.15) is 30.5 Å². The second-order valence-corrected chi connectivity index (χ2v) is 6.10. The molecular formula is C18H22ClNO. The van der Waals surface area contributed by atoms with Crippen molar-refractivity contribution < 1.29 is 4.74 Å². The van der Waals surface area contributed by atoms with E-state index in [1.165, 1.54) is 5.56 Å². The van der Waals surface area contributed by atoms with Gasteiger partial charge in [0, 0.05) is 23.2 Å². The fraction of sp³-hybridized carbons (Fsp3) is 0.333. The third-order valence-corrected chi connectivity index (χ3v) is 3.52. The molecule has 0 atom stereocenters. The zero-order valence-electron chi connectivity index (χ0n) is 13.0. The maximum absolute atomic E-state index is 6.11. The minimum absolute atomic E-state index is 0.426. The molecule has 0 fully saturated rings. The smallest absolute Gasteiger partial charge is 0.133 e. The predicted molar refractivity (Wildman–Crippen MR) is 89.4 cm³/mol. The van der Waals surface area contributed by atoms with Crippen LogP contribution in [-0.4, -0.2) is 6.04 Å². The molecule has 0 amide bonds. The van der Waals surface area contributed by atoms with E-state index in [1.54, 1.807) is 0 Å². The SMILES string of the molecule is Cc1ccc(Oc2cc(Cl)ccc2CNC(C)C)c(C)c1. The van der Waals surface area contributed by atoms with Gasteiger partial charge in [0.2, 0.25) is 0 Å². The topological polar surface area (TPSA) is 21.3 Å². The first kappa shape index (κ1) is 15.9. The first-order valence-corrected chi connectivity index (χ1v) is 7.60. The van der Waals surface area contributed by atoms with E-state index in [2.05, 4.69) is 45.1 Å². The Hall–Kier alpha value is -1.51. The largest absolute Gasteiger partial charge is 0.457 e. The van der Waals surface area contributed by atoms with E-state index in [9.17, 15) is 0 Å². The van der Waals surface area contributed by atoms with Crippen molar-refractivity contribution in [2.75, 3.05) is 0 Å². The number of benzene rings is 2. The first-order valence-electron chi connectivity index (χ1n) is 7.22. The van der Waals surface area contributed by atoms with E-state index in [1.807, 2.05) is 24.3 Å². The highest BCUT2D eigenvalue weighted by molar-refractivity contribution is 6.30. The van der Waals surface area contributed by atoms with Crippen molar-refractivity contribution in [2.24, 2.45) is 0 Å². The van der Waals surface area contributed by atoms with Gasteiger partial charge in [-0.25, -0.2) is 0 Å². The Balaban J connectivity index is 2.27. The minimum atomic E-state index is 0.426. The minimum Gasteiger partial charge on any atom is -0.457 e. The van der Waals surface area contributed by atoms with Crippen molar-refractivity contribution in [1.29, 1.82) is 0 Å². The van der Waals surface area contributed by atoms with E-state index in [0.29, 0.717) is 11.1 Å². The van der Waals surface area contributed by atoms with Gasteiger partial charge in [0.05, 0.1) is 0 Å². The van der Waals surface area contributed by atoms with Crippen LogP contribution < -0.4 is 10.1 Å². The van der Waals surface area contributed by atoms with Gasteiger partial charge in [-0.1, -0.05) is 49.2 Å². The van der Waals surface area contributed by atoms with E-state index >= 15 is 0 Å². The molecule has 0 saturated carbocycles. The van der Waals surface area contributed by atoms with Gasteiger partial charge in [-0.15, -0.1) is 0 Å². The number of halogens is 1. The Morgan fingerprint density at radius 3 is 2.48 bits per heavy atom. The number of rotatable bonds is 5. The molecule has 2 aromatic carbocycles. The Morgan fingerprint density at radius 2 is 1.81 bits per heavy atom. The lowest BCUT2D eigenvalue weighted by Crippen LogP contribution is -2.22. The standard InChI is InChI=1S/C18H22ClNO/c1-12(2)20-11-15-6-7-16(19)10-18(15)21-17-8-5-13(3)9-14(17)4/h5-10,12,20H,11H2,1-4H3. The van der Waals surface area contributed by atoms with Gasteiger partial charge in [0.25, 0.3) is 0 Å². The predicted octanol–water partition coefficient (Wildman–Crippen LogP) is 5.25. The van der Waals surface area contributed by atoms with Crippen molar-refractivity contribution in [1.82, 2.24) is 5.32 Å². The molecule has 2 nitrogen and oxygen atoms in total. The van der Waals surface area contributed by atoms with Crippen LogP contribution in [0, 0.1) is 13.8 Å². The molecule has 21 heavy (non-hydrogen) atoms. The molecule has 2 aromatic rings. The first-order chi connectivity index (χ1) is 9.95. The second-order valence-electron chi connectivity index (χ2n) is 5.66. The maximum Gasteiger partial charge on any atom is 0.133 e. The van der Waals surface area contributed by atoms with E-state index in [-0.39, 0.29) is 0 Å². The van der Waals surface area contributed by atoms with Crippen LogP contribution in [0.5, 0.6) is 11.5 Å². The Kier molecular flexibility index (Phi) is 5.27. The molecule has 0 aliphatic carbocycles. The number of aryl methyl sites for hydroxylation is 2. The van der Waals surface area contributed by atoms with Gasteiger partial charge in [0.15, 0.2) is 0 Å². The highest BCUT2D eigenvalue weighted by Gasteiger charge is 2.08. The molecule has 0 bridgehead atoms. The molecule has 1 N–H and O–H groups in total. The number of nitrogens with one attached hydrogen (secondary N) is 1. The molecule has 112 valence electrons. The average Bonchev–Trinajstić information content (AvgIpc) is 2.41. The normalized spacial score (nSPS) is 11.0. The lowest BCUT2D eigenvalue weighted by atomic mass is 10.1. The zero-order valence-corrected chi connectivity index (χ0v) is 13.8. The molecule has 0 aliphatic heterocycles. The van der Waals surface area contributed by atoms with Crippen LogP contribution in [0.4, 0.5) is 0 Å². The lowest BCUT2D eigenvalue weighted by molar-refractivity contribution is 0.466. The van der Waals surface area contributed by atoms with Crippen LogP contribution in [0.15, 0.2) is 36.4 Å². The van der Waals surface area contributed by atoms with Gasteiger partial charge in [-0.05, 0) is 37.6 Å². The summed E-state index contributed by atoms with van der Waals surface area (Å²) in [6.45, 7) is 9.14. The number of hydrogen-bond acceptors (Lipinski definition) is 2. The number of hydrogen-bond donors (Lipinski definition) is 1. The molecule has 0 saturated heterocycles.